The minimum atomic E-state index is -0.637. The number of allylic oxidation sites excluding steroid dienone is 1. The van der Waals surface area contributed by atoms with E-state index < -0.39 is 11.1 Å². The highest BCUT2D eigenvalue weighted by Crippen LogP contribution is 2.30. The Labute approximate surface area is 193 Å². The number of nitrogens with zero attached hydrogens (tertiary/aromatic N) is 1. The van der Waals surface area contributed by atoms with Gasteiger partial charge in [-0.05, 0) is 58.0 Å². The fraction of sp³-hybridized carbons (Fsp3) is 0.346. The van der Waals surface area contributed by atoms with Gasteiger partial charge in [0, 0.05) is 29.8 Å². The second kappa shape index (κ2) is 9.19. The van der Waals surface area contributed by atoms with E-state index in [0.29, 0.717) is 12.2 Å². The average Bonchev–Trinajstić information content (AvgIpc) is 3.09. The lowest BCUT2D eigenvalue weighted by atomic mass is 10.1. The highest BCUT2D eigenvalue weighted by Gasteiger charge is 2.26. The number of ether oxygens (including phenoxy) is 1. The molecule has 0 unspecified atom stereocenters. The molecule has 1 heterocycles. The number of nitrogens with one attached hydrogen (secondary N) is 2. The zero-order valence-electron chi connectivity index (χ0n) is 19.8. The van der Waals surface area contributed by atoms with E-state index in [1.807, 2.05) is 52.0 Å². The van der Waals surface area contributed by atoms with E-state index >= 15 is 0 Å². The second-order valence-electron chi connectivity index (χ2n) is 9.42. The number of fused-ring (bicyclic) bond motifs is 3. The Morgan fingerprint density at radius 2 is 1.70 bits per heavy atom. The summed E-state index contributed by atoms with van der Waals surface area (Å²) >= 11 is 0. The average molecular weight is 450 g/mol. The molecule has 0 radical (unpaired) electrons. The summed E-state index contributed by atoms with van der Waals surface area (Å²) in [5, 5.41) is 7.48. The SMILES string of the molecule is C=CC(=O)n1c2ccccc2c2cc(C(=O)NCC(C)(C)OCC(C)(C)NC(C)=O)ccc21. The molecule has 0 saturated heterocycles. The second-order valence-corrected chi connectivity index (χ2v) is 9.42. The molecule has 2 aromatic carbocycles. The smallest absolute Gasteiger partial charge is 0.254 e. The topological polar surface area (TPSA) is 89.4 Å². The van der Waals surface area contributed by atoms with Crippen molar-refractivity contribution in [1.29, 1.82) is 0 Å². The molecular weight excluding hydrogens is 418 g/mol. The maximum absolute atomic E-state index is 12.9. The predicted molar refractivity (Wildman–Crippen MR) is 131 cm³/mol. The molecule has 7 nitrogen and oxygen atoms in total. The minimum Gasteiger partial charge on any atom is -0.371 e. The van der Waals surface area contributed by atoms with Gasteiger partial charge in [0.2, 0.25) is 5.91 Å². The third-order valence-electron chi connectivity index (χ3n) is 5.34. The maximum Gasteiger partial charge on any atom is 0.254 e. The molecule has 0 spiro atoms. The number of benzene rings is 2. The van der Waals surface area contributed by atoms with Crippen molar-refractivity contribution in [3.8, 4) is 0 Å². The minimum absolute atomic E-state index is 0.124. The molecule has 1 aromatic heterocycles. The molecule has 7 heteroatoms. The van der Waals surface area contributed by atoms with Crippen molar-refractivity contribution in [2.75, 3.05) is 13.2 Å². The normalized spacial score (nSPS) is 12.0. The lowest BCUT2D eigenvalue weighted by Gasteiger charge is -2.32. The van der Waals surface area contributed by atoms with Gasteiger partial charge < -0.3 is 15.4 Å². The van der Waals surface area contributed by atoms with Crippen molar-refractivity contribution in [1.82, 2.24) is 15.2 Å². The van der Waals surface area contributed by atoms with Crippen LogP contribution in [0.5, 0.6) is 0 Å². The molecule has 33 heavy (non-hydrogen) atoms. The van der Waals surface area contributed by atoms with Gasteiger partial charge in [-0.2, -0.15) is 0 Å². The van der Waals surface area contributed by atoms with E-state index in [1.165, 1.54) is 13.0 Å². The van der Waals surface area contributed by atoms with Gasteiger partial charge in [0.1, 0.15) is 0 Å². The van der Waals surface area contributed by atoms with E-state index in [9.17, 15) is 14.4 Å². The van der Waals surface area contributed by atoms with Crippen molar-refractivity contribution >= 4 is 39.5 Å². The summed E-state index contributed by atoms with van der Waals surface area (Å²) in [6, 6.07) is 12.9. The van der Waals surface area contributed by atoms with Crippen LogP contribution in [0.25, 0.3) is 21.8 Å². The van der Waals surface area contributed by atoms with Crippen LogP contribution in [0.1, 0.15) is 49.8 Å². The number of carbonyl (C=O) groups is 3. The van der Waals surface area contributed by atoms with E-state index in [-0.39, 0.29) is 24.3 Å². The molecule has 2 amide bonds. The molecule has 0 fully saturated rings. The number of amides is 2. The Morgan fingerprint density at radius 3 is 2.36 bits per heavy atom. The van der Waals surface area contributed by atoms with Gasteiger partial charge in [0.15, 0.2) is 0 Å². The lowest BCUT2D eigenvalue weighted by Crippen LogP contribution is -2.49. The van der Waals surface area contributed by atoms with Crippen molar-refractivity contribution in [3.63, 3.8) is 0 Å². The Morgan fingerprint density at radius 1 is 1.03 bits per heavy atom. The van der Waals surface area contributed by atoms with Crippen LogP contribution in [0.4, 0.5) is 0 Å². The molecule has 3 aromatic rings. The Hall–Kier alpha value is -3.45. The summed E-state index contributed by atoms with van der Waals surface area (Å²) in [6.07, 6.45) is 1.28. The largest absolute Gasteiger partial charge is 0.371 e. The first kappa shape index (κ1) is 24.2. The standard InChI is InChI=1S/C26H31N3O4/c1-7-23(31)29-21-11-9-8-10-19(21)20-14-18(12-13-22(20)29)24(32)27-15-26(5,6)33-16-25(3,4)28-17(2)30/h7-14H,1,15-16H2,2-6H3,(H,27,32)(H,28,30). The fourth-order valence-electron chi connectivity index (χ4n) is 3.78. The molecule has 0 aliphatic rings. The highest BCUT2D eigenvalue weighted by atomic mass is 16.5. The third-order valence-corrected chi connectivity index (χ3v) is 5.34. The van der Waals surface area contributed by atoms with Crippen LogP contribution in [-0.4, -0.2) is 46.6 Å². The van der Waals surface area contributed by atoms with E-state index in [0.717, 1.165) is 21.8 Å². The van der Waals surface area contributed by atoms with Gasteiger partial charge >= 0.3 is 0 Å². The van der Waals surface area contributed by atoms with Crippen LogP contribution < -0.4 is 10.6 Å². The maximum atomic E-state index is 12.9. The number of hydrogen-bond donors (Lipinski definition) is 2. The summed E-state index contributed by atoms with van der Waals surface area (Å²) in [7, 11) is 0. The predicted octanol–water partition coefficient (Wildman–Crippen LogP) is 4.06. The Bertz CT molecular complexity index is 1240. The summed E-state index contributed by atoms with van der Waals surface area (Å²) in [5.74, 6) is -0.581. The molecule has 3 rings (SSSR count). The van der Waals surface area contributed by atoms with Crippen molar-refractivity contribution in [3.05, 3.63) is 60.7 Å². The van der Waals surface area contributed by atoms with E-state index in [1.54, 1.807) is 22.8 Å². The van der Waals surface area contributed by atoms with Gasteiger partial charge in [-0.15, -0.1) is 0 Å². The highest BCUT2D eigenvalue weighted by molar-refractivity contribution is 6.16. The van der Waals surface area contributed by atoms with E-state index in [4.69, 9.17) is 4.74 Å². The van der Waals surface area contributed by atoms with Crippen LogP contribution in [0.15, 0.2) is 55.1 Å². The summed E-state index contributed by atoms with van der Waals surface area (Å²) in [4.78, 5) is 36.7. The number of rotatable bonds is 8. The molecule has 2 N–H and O–H groups in total. The number of hydrogen-bond acceptors (Lipinski definition) is 4. The van der Waals surface area contributed by atoms with Gasteiger partial charge in [-0.25, -0.2) is 0 Å². The molecule has 0 saturated carbocycles. The summed E-state index contributed by atoms with van der Waals surface area (Å²) in [5.41, 5.74) is 0.829. The van der Waals surface area contributed by atoms with Crippen LogP contribution >= 0.6 is 0 Å². The van der Waals surface area contributed by atoms with Crippen LogP contribution in [-0.2, 0) is 9.53 Å². The Kier molecular flexibility index (Phi) is 6.74. The number of aromatic nitrogens is 1. The van der Waals surface area contributed by atoms with Crippen LogP contribution in [0.2, 0.25) is 0 Å². The third kappa shape index (κ3) is 5.49. The molecular formula is C26H31N3O4. The lowest BCUT2D eigenvalue weighted by molar-refractivity contribution is -0.122. The molecule has 0 aliphatic carbocycles. The van der Waals surface area contributed by atoms with E-state index in [2.05, 4.69) is 17.2 Å². The molecule has 0 aliphatic heterocycles. The van der Waals surface area contributed by atoms with Gasteiger partial charge in [0.05, 0.1) is 28.8 Å². The first-order valence-electron chi connectivity index (χ1n) is 10.8. The number of carbonyl (C=O) groups excluding carboxylic acids is 3. The zero-order chi connectivity index (χ0) is 24.4. The fourth-order valence-corrected chi connectivity index (χ4v) is 3.78. The summed E-state index contributed by atoms with van der Waals surface area (Å²) in [6.45, 7) is 13.2. The summed E-state index contributed by atoms with van der Waals surface area (Å²) < 4.78 is 7.58. The molecule has 0 bridgehead atoms. The van der Waals surface area contributed by atoms with Gasteiger partial charge in [-0.1, -0.05) is 24.8 Å². The quantitative estimate of drug-likeness (QED) is 0.508. The van der Waals surface area contributed by atoms with Crippen LogP contribution in [0, 0.1) is 0 Å². The first-order valence-corrected chi connectivity index (χ1v) is 10.8. The van der Waals surface area contributed by atoms with Crippen molar-refractivity contribution < 1.29 is 19.1 Å². The zero-order valence-corrected chi connectivity index (χ0v) is 19.8. The van der Waals surface area contributed by atoms with Crippen LogP contribution in [0.3, 0.4) is 0 Å². The number of para-hydroxylation sites is 1. The first-order chi connectivity index (χ1) is 15.4. The monoisotopic (exact) mass is 449 g/mol. The molecule has 174 valence electrons. The van der Waals surface area contributed by atoms with Crippen molar-refractivity contribution in [2.24, 2.45) is 0 Å². The Balaban J connectivity index is 1.78. The van der Waals surface area contributed by atoms with Gasteiger partial charge in [-0.3, -0.25) is 19.0 Å². The van der Waals surface area contributed by atoms with Gasteiger partial charge in [0.25, 0.3) is 11.8 Å². The molecule has 0 atom stereocenters. The van der Waals surface area contributed by atoms with Crippen molar-refractivity contribution in [2.45, 2.75) is 45.8 Å².